The molecule has 3 aromatic heterocycles. The minimum atomic E-state index is -4.88. The van der Waals surface area contributed by atoms with Gasteiger partial charge in [0.2, 0.25) is 5.88 Å². The van der Waals surface area contributed by atoms with Crippen LogP contribution >= 0.6 is 0 Å². The molecule has 10 heteroatoms. The first kappa shape index (κ1) is 28.3. The van der Waals surface area contributed by atoms with Crippen LogP contribution in [0.3, 0.4) is 0 Å². The zero-order valence-electron chi connectivity index (χ0n) is 23.1. The fourth-order valence-electron chi connectivity index (χ4n) is 5.15. The van der Waals surface area contributed by atoms with Gasteiger partial charge in [-0.25, -0.2) is 9.97 Å². The molecule has 6 aromatic rings. The number of alkyl halides is 6. The highest BCUT2D eigenvalue weighted by atomic mass is 19.4. The van der Waals surface area contributed by atoms with Crippen molar-refractivity contribution in [1.82, 2.24) is 14.5 Å². The quantitative estimate of drug-likeness (QED) is 0.192. The molecule has 0 atom stereocenters. The summed E-state index contributed by atoms with van der Waals surface area (Å²) in [6, 6.07) is 17.0. The van der Waals surface area contributed by atoms with Crippen molar-refractivity contribution in [1.29, 1.82) is 0 Å². The molecule has 0 amide bonds. The smallest absolute Gasteiger partial charge is 0.417 e. The van der Waals surface area contributed by atoms with E-state index in [0.717, 1.165) is 34.9 Å². The second-order valence-electron chi connectivity index (χ2n) is 10.5. The zero-order valence-corrected chi connectivity index (χ0v) is 23.1. The summed E-state index contributed by atoms with van der Waals surface area (Å²) in [6.07, 6.45) is -6.66. The van der Waals surface area contributed by atoms with Gasteiger partial charge in [0.15, 0.2) is 0 Å². The van der Waals surface area contributed by atoms with Crippen molar-refractivity contribution in [2.24, 2.45) is 0 Å². The molecule has 0 spiro atoms. The Balaban J connectivity index is 1.67. The molecule has 3 heterocycles. The number of halogens is 6. The summed E-state index contributed by atoms with van der Waals surface area (Å²) >= 11 is 0. The third-order valence-electron chi connectivity index (χ3n) is 7.15. The van der Waals surface area contributed by atoms with Gasteiger partial charge in [-0.05, 0) is 97.6 Å². The average Bonchev–Trinajstić information content (AvgIpc) is 3.25. The molecule has 0 saturated heterocycles. The largest absolute Gasteiger partial charge is 0.439 e. The van der Waals surface area contributed by atoms with Crippen molar-refractivity contribution >= 4 is 21.8 Å². The van der Waals surface area contributed by atoms with E-state index < -0.39 is 29.0 Å². The molecule has 0 fully saturated rings. The summed E-state index contributed by atoms with van der Waals surface area (Å²) in [4.78, 5) is 8.51. The molecule has 43 heavy (non-hydrogen) atoms. The second-order valence-corrected chi connectivity index (χ2v) is 10.5. The Morgan fingerprint density at radius 2 is 1.37 bits per heavy atom. The van der Waals surface area contributed by atoms with Gasteiger partial charge in [-0.15, -0.1) is 0 Å². The molecule has 0 saturated carbocycles. The van der Waals surface area contributed by atoms with Crippen LogP contribution in [0.25, 0.3) is 38.8 Å². The van der Waals surface area contributed by atoms with Gasteiger partial charge < -0.3 is 4.74 Å². The van der Waals surface area contributed by atoms with Crippen molar-refractivity contribution in [3.05, 3.63) is 113 Å². The monoisotopic (exact) mass is 591 g/mol. The SMILES string of the molecule is Cc1ccc(Oc2cc(-c3cc4c(cc3C(F)(F)F)c3cc(C)ccc3n4-c3cc(C)ccn3)cc(C(F)(F)F)c2)nc1. The number of aromatic nitrogens is 3. The highest BCUT2D eigenvalue weighted by molar-refractivity contribution is 6.11. The van der Waals surface area contributed by atoms with E-state index in [1.54, 1.807) is 48.0 Å². The number of pyridine rings is 2. The van der Waals surface area contributed by atoms with Gasteiger partial charge in [0.05, 0.1) is 22.2 Å². The molecule has 0 aliphatic carbocycles. The summed E-state index contributed by atoms with van der Waals surface area (Å²) in [5.41, 5.74) is 0.526. The number of nitrogens with zero attached hydrogens (tertiary/aromatic N) is 3. The lowest BCUT2D eigenvalue weighted by Crippen LogP contribution is -2.09. The van der Waals surface area contributed by atoms with E-state index >= 15 is 0 Å². The molecule has 0 radical (unpaired) electrons. The number of benzene rings is 3. The Labute approximate surface area is 242 Å². The fraction of sp³-hybridized carbons (Fsp3) is 0.152. The molecular formula is C33H23F6N3O. The lowest BCUT2D eigenvalue weighted by molar-refractivity contribution is -0.137. The number of rotatable bonds is 4. The van der Waals surface area contributed by atoms with Crippen LogP contribution in [0.1, 0.15) is 27.8 Å². The fourth-order valence-corrected chi connectivity index (χ4v) is 5.15. The normalized spacial score (nSPS) is 12.3. The van der Waals surface area contributed by atoms with Gasteiger partial charge in [-0.1, -0.05) is 17.7 Å². The highest BCUT2D eigenvalue weighted by Gasteiger charge is 2.37. The van der Waals surface area contributed by atoms with E-state index in [1.165, 1.54) is 18.3 Å². The van der Waals surface area contributed by atoms with Crippen LogP contribution in [0.4, 0.5) is 26.3 Å². The molecule has 3 aromatic carbocycles. The van der Waals surface area contributed by atoms with E-state index in [-0.39, 0.29) is 17.2 Å². The predicted molar refractivity (Wildman–Crippen MR) is 153 cm³/mol. The molecule has 0 bridgehead atoms. The lowest BCUT2D eigenvalue weighted by atomic mass is 9.95. The molecule has 218 valence electrons. The third-order valence-corrected chi connectivity index (χ3v) is 7.15. The van der Waals surface area contributed by atoms with Crippen molar-refractivity contribution in [2.75, 3.05) is 0 Å². The van der Waals surface area contributed by atoms with Gasteiger partial charge in [-0.2, -0.15) is 26.3 Å². The van der Waals surface area contributed by atoms with Gasteiger partial charge in [0, 0.05) is 29.2 Å². The summed E-state index contributed by atoms with van der Waals surface area (Å²) in [5, 5.41) is 0.860. The van der Waals surface area contributed by atoms with E-state index in [9.17, 15) is 26.3 Å². The van der Waals surface area contributed by atoms with Gasteiger partial charge in [-0.3, -0.25) is 4.57 Å². The summed E-state index contributed by atoms with van der Waals surface area (Å²) in [7, 11) is 0. The minimum absolute atomic E-state index is 0.00314. The first-order chi connectivity index (χ1) is 20.3. The maximum absolute atomic E-state index is 14.7. The van der Waals surface area contributed by atoms with E-state index in [1.807, 2.05) is 19.9 Å². The van der Waals surface area contributed by atoms with Crippen molar-refractivity contribution < 1.29 is 31.1 Å². The van der Waals surface area contributed by atoms with Crippen molar-refractivity contribution in [2.45, 2.75) is 33.1 Å². The van der Waals surface area contributed by atoms with Gasteiger partial charge in [0.25, 0.3) is 0 Å². The summed E-state index contributed by atoms with van der Waals surface area (Å²) in [6.45, 7) is 5.48. The van der Waals surface area contributed by atoms with Crippen LogP contribution in [0.15, 0.2) is 85.2 Å². The Bertz CT molecular complexity index is 2010. The molecule has 0 N–H and O–H groups in total. The molecule has 0 unspecified atom stereocenters. The van der Waals surface area contributed by atoms with Crippen molar-refractivity contribution in [3.63, 3.8) is 0 Å². The Morgan fingerprint density at radius 3 is 2.05 bits per heavy atom. The predicted octanol–water partition coefficient (Wildman–Crippen LogP) is 10.00. The third kappa shape index (κ3) is 5.40. The summed E-state index contributed by atoms with van der Waals surface area (Å²) < 4.78 is 93.4. The van der Waals surface area contributed by atoms with Crippen LogP contribution in [-0.4, -0.2) is 14.5 Å². The number of aryl methyl sites for hydroxylation is 3. The second kappa shape index (κ2) is 10.1. The molecule has 4 nitrogen and oxygen atoms in total. The van der Waals surface area contributed by atoms with Crippen LogP contribution in [0.5, 0.6) is 11.6 Å². The van der Waals surface area contributed by atoms with Crippen LogP contribution in [-0.2, 0) is 12.4 Å². The van der Waals surface area contributed by atoms with Crippen LogP contribution in [0.2, 0.25) is 0 Å². The van der Waals surface area contributed by atoms with E-state index in [4.69, 9.17) is 4.74 Å². The Kier molecular flexibility index (Phi) is 6.67. The number of fused-ring (bicyclic) bond motifs is 3. The maximum Gasteiger partial charge on any atom is 0.417 e. The Hall–Kier alpha value is -4.86. The van der Waals surface area contributed by atoms with Gasteiger partial charge in [0.1, 0.15) is 11.6 Å². The van der Waals surface area contributed by atoms with E-state index in [2.05, 4.69) is 9.97 Å². The maximum atomic E-state index is 14.7. The number of ether oxygens (including phenoxy) is 1. The molecular weight excluding hydrogens is 568 g/mol. The topological polar surface area (TPSA) is 39.9 Å². The van der Waals surface area contributed by atoms with Crippen LogP contribution < -0.4 is 4.74 Å². The highest BCUT2D eigenvalue weighted by Crippen LogP contribution is 2.45. The lowest BCUT2D eigenvalue weighted by Gasteiger charge is -2.17. The Morgan fingerprint density at radius 1 is 0.651 bits per heavy atom. The molecule has 0 aliphatic rings. The van der Waals surface area contributed by atoms with Gasteiger partial charge >= 0.3 is 12.4 Å². The van der Waals surface area contributed by atoms with Crippen LogP contribution in [0, 0.1) is 20.8 Å². The zero-order chi connectivity index (χ0) is 30.7. The number of hydrogen-bond acceptors (Lipinski definition) is 3. The number of hydrogen-bond donors (Lipinski definition) is 0. The molecule has 0 aliphatic heterocycles. The first-order valence-electron chi connectivity index (χ1n) is 13.2. The first-order valence-corrected chi connectivity index (χ1v) is 13.2. The minimum Gasteiger partial charge on any atom is -0.439 e. The van der Waals surface area contributed by atoms with Crippen molar-refractivity contribution in [3.8, 4) is 28.6 Å². The summed E-state index contributed by atoms with van der Waals surface area (Å²) in [5.74, 6) is 0.169. The molecule has 6 rings (SSSR count). The van der Waals surface area contributed by atoms with E-state index in [0.29, 0.717) is 33.7 Å². The average molecular weight is 592 g/mol. The standard InChI is InChI=1S/C33H23F6N3O/c1-18-4-6-28-25(10-18)26-15-27(33(37,38)39)24(16-29(26)42(28)30-11-19(2)8-9-40-30)21-12-22(32(34,35)36)14-23(13-21)43-31-7-5-20(3)17-41-31/h4-17H,1-3H3.